The van der Waals surface area contributed by atoms with Gasteiger partial charge in [-0.25, -0.2) is 4.79 Å². The summed E-state index contributed by atoms with van der Waals surface area (Å²) in [5.74, 6) is -1.00. The molecule has 0 aliphatic rings. The quantitative estimate of drug-likeness (QED) is 0.418. The number of rotatable bonds is 2. The van der Waals surface area contributed by atoms with E-state index in [4.69, 9.17) is 0 Å². The molecule has 0 aromatic rings. The Morgan fingerprint density at radius 3 is 2.60 bits per heavy atom. The highest BCUT2D eigenvalue weighted by atomic mass is 16.5. The van der Waals surface area contributed by atoms with Crippen LogP contribution in [-0.2, 0) is 14.3 Å². The molecule has 5 heteroatoms. The summed E-state index contributed by atoms with van der Waals surface area (Å²) in [4.78, 5) is 30.0. The van der Waals surface area contributed by atoms with Gasteiger partial charge in [-0.05, 0) is 6.92 Å². The van der Waals surface area contributed by atoms with Crippen LogP contribution in [0.25, 0.3) is 0 Å². The lowest BCUT2D eigenvalue weighted by atomic mass is 10.7. The smallest absolute Gasteiger partial charge is 0.414 e. The number of ether oxygens (including phenoxy) is 1. The van der Waals surface area contributed by atoms with Gasteiger partial charge in [-0.15, -0.1) is 0 Å². The van der Waals surface area contributed by atoms with Gasteiger partial charge in [0.15, 0.2) is 0 Å². The van der Waals surface area contributed by atoms with Crippen LogP contribution in [0.3, 0.4) is 0 Å². The Morgan fingerprint density at radius 1 is 1.60 bits per heavy atom. The lowest BCUT2D eigenvalue weighted by molar-refractivity contribution is -0.130. The van der Waals surface area contributed by atoms with Gasteiger partial charge < -0.3 is 4.74 Å². The zero-order valence-corrected chi connectivity index (χ0v) is 5.42. The minimum absolute atomic E-state index is 0.00306. The fourth-order valence-corrected chi connectivity index (χ4v) is 0.297. The van der Waals surface area contributed by atoms with Crippen molar-refractivity contribution in [3.05, 3.63) is 0 Å². The Bertz CT molecular complexity index is 154. The molecule has 0 spiro atoms. The zero-order valence-electron chi connectivity index (χ0n) is 5.42. The molecule has 2 amide bonds. The molecule has 0 atom stereocenters. The van der Waals surface area contributed by atoms with Crippen molar-refractivity contribution in [2.75, 3.05) is 6.61 Å². The SMILES string of the molecule is CCOC(=O)NC(=O)C=O. The summed E-state index contributed by atoms with van der Waals surface area (Å²) in [6.07, 6.45) is -0.906. The van der Waals surface area contributed by atoms with Crippen molar-refractivity contribution in [1.82, 2.24) is 5.32 Å². The Balaban J connectivity index is 3.57. The fraction of sp³-hybridized carbons (Fsp3) is 0.400. The van der Waals surface area contributed by atoms with E-state index in [9.17, 15) is 14.4 Å². The minimum Gasteiger partial charge on any atom is -0.450 e. The first-order chi connectivity index (χ1) is 4.70. The van der Waals surface area contributed by atoms with E-state index in [1.54, 1.807) is 12.2 Å². The van der Waals surface area contributed by atoms with Crippen molar-refractivity contribution in [3.8, 4) is 0 Å². The van der Waals surface area contributed by atoms with Crippen LogP contribution in [0, 0.1) is 0 Å². The molecule has 0 radical (unpaired) electrons. The first-order valence-electron chi connectivity index (χ1n) is 2.63. The second kappa shape index (κ2) is 4.49. The number of hydrogen-bond donors (Lipinski definition) is 1. The topological polar surface area (TPSA) is 72.5 Å². The van der Waals surface area contributed by atoms with Crippen LogP contribution in [0.1, 0.15) is 6.92 Å². The van der Waals surface area contributed by atoms with Crippen LogP contribution in [0.4, 0.5) is 4.79 Å². The molecule has 0 fully saturated rings. The number of alkyl carbamates (subject to hydrolysis) is 1. The molecule has 0 aromatic heterocycles. The number of carbonyl (C=O) groups excluding carboxylic acids is 3. The predicted octanol–water partition coefficient (Wildman–Crippen LogP) is -0.542. The van der Waals surface area contributed by atoms with Crippen LogP contribution < -0.4 is 5.32 Å². The molecule has 56 valence electrons. The Hall–Kier alpha value is -1.39. The summed E-state index contributed by atoms with van der Waals surface area (Å²) in [6.45, 7) is 1.75. The summed E-state index contributed by atoms with van der Waals surface area (Å²) in [5.41, 5.74) is 0. The third-order valence-electron chi connectivity index (χ3n) is 0.608. The van der Waals surface area contributed by atoms with E-state index in [1.807, 2.05) is 0 Å². The van der Waals surface area contributed by atoms with Crippen LogP contribution in [0.2, 0.25) is 0 Å². The molecule has 0 heterocycles. The molecule has 10 heavy (non-hydrogen) atoms. The predicted molar refractivity (Wildman–Crippen MR) is 31.2 cm³/mol. The van der Waals surface area contributed by atoms with Gasteiger partial charge in [0.1, 0.15) is 0 Å². The Labute approximate surface area is 57.3 Å². The molecule has 5 nitrogen and oxygen atoms in total. The highest BCUT2D eigenvalue weighted by molar-refractivity contribution is 6.27. The van der Waals surface area contributed by atoms with Gasteiger partial charge in [0.25, 0.3) is 5.91 Å². The van der Waals surface area contributed by atoms with Gasteiger partial charge in [-0.2, -0.15) is 0 Å². The fourth-order valence-electron chi connectivity index (χ4n) is 0.297. The number of hydrogen-bond acceptors (Lipinski definition) is 4. The van der Waals surface area contributed by atoms with Crippen LogP contribution in [-0.4, -0.2) is 24.9 Å². The van der Waals surface area contributed by atoms with Gasteiger partial charge in [0, 0.05) is 0 Å². The van der Waals surface area contributed by atoms with Gasteiger partial charge in [0.2, 0.25) is 6.29 Å². The molecule has 0 aromatic carbocycles. The van der Waals surface area contributed by atoms with Crippen LogP contribution >= 0.6 is 0 Å². The van der Waals surface area contributed by atoms with Crippen molar-refractivity contribution >= 4 is 18.3 Å². The summed E-state index contributed by atoms with van der Waals surface area (Å²) in [5, 5.41) is 1.66. The van der Waals surface area contributed by atoms with E-state index >= 15 is 0 Å². The summed E-state index contributed by atoms with van der Waals surface area (Å²) >= 11 is 0. The monoisotopic (exact) mass is 145 g/mol. The lowest BCUT2D eigenvalue weighted by Gasteiger charge is -1.97. The van der Waals surface area contributed by atoms with Crippen LogP contribution in [0.5, 0.6) is 0 Å². The van der Waals surface area contributed by atoms with Crippen molar-refractivity contribution < 1.29 is 19.1 Å². The summed E-state index contributed by atoms with van der Waals surface area (Å²) in [7, 11) is 0. The Morgan fingerprint density at radius 2 is 2.20 bits per heavy atom. The average molecular weight is 145 g/mol. The van der Waals surface area contributed by atoms with Gasteiger partial charge in [0.05, 0.1) is 6.61 Å². The van der Waals surface area contributed by atoms with Gasteiger partial charge >= 0.3 is 6.09 Å². The first kappa shape index (κ1) is 8.61. The summed E-state index contributed by atoms with van der Waals surface area (Å²) < 4.78 is 4.28. The van der Waals surface area contributed by atoms with Crippen molar-refractivity contribution in [2.45, 2.75) is 6.92 Å². The number of nitrogens with one attached hydrogen (secondary N) is 1. The van der Waals surface area contributed by atoms with Gasteiger partial charge in [-0.3, -0.25) is 14.9 Å². The van der Waals surface area contributed by atoms with Crippen molar-refractivity contribution in [1.29, 1.82) is 0 Å². The number of imide groups is 1. The van der Waals surface area contributed by atoms with Crippen molar-refractivity contribution in [2.24, 2.45) is 0 Å². The van der Waals surface area contributed by atoms with E-state index in [-0.39, 0.29) is 12.9 Å². The third-order valence-corrected chi connectivity index (χ3v) is 0.608. The molecule has 0 saturated heterocycles. The standard InChI is InChI=1S/C5H7NO4/c1-2-10-5(9)6-4(8)3-7/h3H,2H2,1H3,(H,6,8,9). The highest BCUT2D eigenvalue weighted by Gasteiger charge is 2.04. The number of amides is 2. The lowest BCUT2D eigenvalue weighted by Crippen LogP contribution is -2.31. The molecule has 0 rings (SSSR count). The van der Waals surface area contributed by atoms with E-state index in [2.05, 4.69) is 4.74 Å². The maximum Gasteiger partial charge on any atom is 0.414 e. The second-order valence-corrected chi connectivity index (χ2v) is 1.33. The van der Waals surface area contributed by atoms with E-state index < -0.39 is 12.0 Å². The van der Waals surface area contributed by atoms with Crippen molar-refractivity contribution in [3.63, 3.8) is 0 Å². The molecule has 0 aliphatic carbocycles. The van der Waals surface area contributed by atoms with Crippen LogP contribution in [0.15, 0.2) is 0 Å². The third kappa shape index (κ3) is 3.59. The highest BCUT2D eigenvalue weighted by Crippen LogP contribution is 1.73. The molecule has 0 unspecified atom stereocenters. The molecule has 0 aliphatic heterocycles. The number of aldehydes is 1. The Kier molecular flexibility index (Phi) is 3.86. The maximum absolute atomic E-state index is 10.3. The van der Waals surface area contributed by atoms with E-state index in [0.29, 0.717) is 0 Å². The van der Waals surface area contributed by atoms with Gasteiger partial charge in [-0.1, -0.05) is 0 Å². The molecule has 0 saturated carbocycles. The summed E-state index contributed by atoms with van der Waals surface area (Å²) in [6, 6.07) is 0. The average Bonchev–Trinajstić information content (AvgIpc) is 1.88. The maximum atomic E-state index is 10.3. The molecular formula is C5H7NO4. The van der Waals surface area contributed by atoms with E-state index in [1.165, 1.54) is 0 Å². The zero-order chi connectivity index (χ0) is 7.98. The normalized spacial score (nSPS) is 8.10. The molecular weight excluding hydrogens is 138 g/mol. The van der Waals surface area contributed by atoms with E-state index in [0.717, 1.165) is 0 Å². The molecule has 0 bridgehead atoms. The largest absolute Gasteiger partial charge is 0.450 e. The first-order valence-corrected chi connectivity index (χ1v) is 2.63. The second-order valence-electron chi connectivity index (χ2n) is 1.33. The minimum atomic E-state index is -1.00. The number of carbonyl (C=O) groups is 3. The molecule has 1 N–H and O–H groups in total.